The molecule has 0 heterocycles. The summed E-state index contributed by atoms with van der Waals surface area (Å²) in [6.45, 7) is 8.28. The third-order valence-corrected chi connectivity index (χ3v) is 5.66. The normalized spacial score (nSPS) is 30.3. The molecule has 0 saturated heterocycles. The molecule has 1 saturated carbocycles. The minimum Gasteiger partial charge on any atom is -0.319 e. The molecular weight excluding hydrogens is 226 g/mol. The average molecular weight is 249 g/mol. The summed E-state index contributed by atoms with van der Waals surface area (Å²) in [7, 11) is 2.05. The summed E-state index contributed by atoms with van der Waals surface area (Å²) < 4.78 is 0. The first-order chi connectivity index (χ1) is 7.98. The lowest BCUT2D eigenvalue weighted by atomic mass is 9.90. The molecule has 2 atom stereocenters. The molecule has 1 fully saturated rings. The van der Waals surface area contributed by atoms with Crippen molar-refractivity contribution < 1.29 is 0 Å². The van der Waals surface area contributed by atoms with Crippen molar-refractivity contribution in [3.63, 3.8) is 0 Å². The summed E-state index contributed by atoms with van der Waals surface area (Å²) in [5, 5.41) is 3.33. The largest absolute Gasteiger partial charge is 0.319 e. The van der Waals surface area contributed by atoms with E-state index in [0.29, 0.717) is 10.8 Å². The van der Waals surface area contributed by atoms with Gasteiger partial charge in [0.25, 0.3) is 0 Å². The lowest BCUT2D eigenvalue weighted by Crippen LogP contribution is -2.15. The maximum absolute atomic E-state index is 3.33. The highest BCUT2D eigenvalue weighted by atomic mass is 32.2. The van der Waals surface area contributed by atoms with Crippen LogP contribution < -0.4 is 5.32 Å². The Morgan fingerprint density at radius 3 is 2.24 bits per heavy atom. The topological polar surface area (TPSA) is 12.0 Å². The minimum absolute atomic E-state index is 0.326. The highest BCUT2D eigenvalue weighted by molar-refractivity contribution is 7.98. The lowest BCUT2D eigenvalue weighted by Gasteiger charge is -2.15. The molecule has 0 spiro atoms. The zero-order valence-corrected chi connectivity index (χ0v) is 12.3. The van der Waals surface area contributed by atoms with Crippen LogP contribution in [0, 0.1) is 11.3 Å². The van der Waals surface area contributed by atoms with Gasteiger partial charge in [-0.25, -0.2) is 0 Å². The van der Waals surface area contributed by atoms with Crippen molar-refractivity contribution >= 4 is 11.8 Å². The second-order valence-corrected chi connectivity index (χ2v) is 6.64. The summed E-state index contributed by atoms with van der Waals surface area (Å²) >= 11 is 1.81. The Bertz CT molecular complexity index is 396. The minimum atomic E-state index is 0.326. The van der Waals surface area contributed by atoms with Crippen LogP contribution in [0.4, 0.5) is 0 Å². The highest BCUT2D eigenvalue weighted by Crippen LogP contribution is 2.68. The van der Waals surface area contributed by atoms with E-state index in [1.54, 1.807) is 0 Å². The molecule has 94 valence electrons. The third kappa shape index (κ3) is 1.82. The highest BCUT2D eigenvalue weighted by Gasteiger charge is 2.67. The smallest absolute Gasteiger partial charge is 0.00693 e. The Kier molecular flexibility index (Phi) is 3.30. The van der Waals surface area contributed by atoms with Gasteiger partial charge in [0, 0.05) is 10.3 Å². The molecule has 0 bridgehead atoms. The molecule has 0 aliphatic heterocycles. The van der Waals surface area contributed by atoms with Gasteiger partial charge in [-0.1, -0.05) is 32.9 Å². The van der Waals surface area contributed by atoms with Crippen LogP contribution in [0.1, 0.15) is 26.3 Å². The van der Waals surface area contributed by atoms with Crippen LogP contribution in [0.2, 0.25) is 0 Å². The van der Waals surface area contributed by atoms with E-state index < -0.39 is 0 Å². The van der Waals surface area contributed by atoms with Crippen molar-refractivity contribution in [1.29, 1.82) is 0 Å². The molecule has 2 heteroatoms. The fraction of sp³-hybridized carbons (Fsp3) is 0.600. The zero-order valence-electron chi connectivity index (χ0n) is 11.5. The maximum Gasteiger partial charge on any atom is 0.00693 e. The monoisotopic (exact) mass is 249 g/mol. The van der Waals surface area contributed by atoms with Crippen molar-refractivity contribution in [2.75, 3.05) is 19.8 Å². The van der Waals surface area contributed by atoms with Gasteiger partial charge in [0.2, 0.25) is 0 Å². The quantitative estimate of drug-likeness (QED) is 0.819. The van der Waals surface area contributed by atoms with Gasteiger partial charge in [-0.05, 0) is 48.9 Å². The Hall–Kier alpha value is -0.470. The Labute approximate surface area is 109 Å². The molecule has 1 aromatic carbocycles. The molecular formula is C15H23NS. The zero-order chi connectivity index (χ0) is 12.7. The van der Waals surface area contributed by atoms with Crippen molar-refractivity contribution in [2.24, 2.45) is 11.3 Å². The van der Waals surface area contributed by atoms with E-state index in [2.05, 4.69) is 56.6 Å². The average Bonchev–Trinajstić information content (AvgIpc) is 2.76. The van der Waals surface area contributed by atoms with Gasteiger partial charge < -0.3 is 5.32 Å². The first kappa shape index (κ1) is 13.0. The van der Waals surface area contributed by atoms with Gasteiger partial charge in [0.05, 0.1) is 0 Å². The summed E-state index contributed by atoms with van der Waals surface area (Å²) in [5.41, 5.74) is 2.21. The van der Waals surface area contributed by atoms with Gasteiger partial charge in [0.1, 0.15) is 0 Å². The molecule has 1 aliphatic rings. The molecule has 0 radical (unpaired) electrons. The summed E-state index contributed by atoms with van der Waals surface area (Å²) in [6, 6.07) is 9.11. The number of thioether (sulfide) groups is 1. The number of hydrogen-bond donors (Lipinski definition) is 1. The maximum atomic E-state index is 3.33. The summed E-state index contributed by atoms with van der Waals surface area (Å²) in [6.07, 6.45) is 2.13. The molecule has 1 N–H and O–H groups in total. The third-order valence-electron chi connectivity index (χ3n) is 4.92. The first-order valence-electron chi connectivity index (χ1n) is 6.27. The number of hydrogen-bond acceptors (Lipinski definition) is 2. The van der Waals surface area contributed by atoms with Crippen LogP contribution in [0.5, 0.6) is 0 Å². The molecule has 2 rings (SSSR count). The van der Waals surface area contributed by atoms with Crippen molar-refractivity contribution in [3.8, 4) is 0 Å². The van der Waals surface area contributed by atoms with Gasteiger partial charge in [-0.3, -0.25) is 0 Å². The van der Waals surface area contributed by atoms with E-state index >= 15 is 0 Å². The SMILES string of the molecule is CNCC1C(C)(C)C1(C)c1ccc(SC)cc1. The van der Waals surface area contributed by atoms with Crippen molar-refractivity contribution in [2.45, 2.75) is 31.1 Å². The van der Waals surface area contributed by atoms with E-state index in [0.717, 1.165) is 12.5 Å². The predicted molar refractivity (Wildman–Crippen MR) is 76.8 cm³/mol. The van der Waals surface area contributed by atoms with E-state index in [-0.39, 0.29) is 0 Å². The van der Waals surface area contributed by atoms with Crippen LogP contribution in [0.25, 0.3) is 0 Å². The number of nitrogens with one attached hydrogen (secondary N) is 1. The summed E-state index contributed by atoms with van der Waals surface area (Å²) in [4.78, 5) is 1.35. The van der Waals surface area contributed by atoms with E-state index in [9.17, 15) is 0 Å². The fourth-order valence-electron chi connectivity index (χ4n) is 3.28. The number of benzene rings is 1. The molecule has 0 aromatic heterocycles. The van der Waals surface area contributed by atoms with Crippen molar-refractivity contribution in [3.05, 3.63) is 29.8 Å². The lowest BCUT2D eigenvalue weighted by molar-refractivity contribution is 0.513. The molecule has 1 aliphatic carbocycles. The molecule has 1 aromatic rings. The molecule has 17 heavy (non-hydrogen) atoms. The van der Waals surface area contributed by atoms with Gasteiger partial charge in [-0.15, -0.1) is 11.8 Å². The van der Waals surface area contributed by atoms with Gasteiger partial charge in [-0.2, -0.15) is 0 Å². The standard InChI is InChI=1S/C15H23NS/c1-14(2)13(10-16-4)15(14,3)11-6-8-12(17-5)9-7-11/h6-9,13,16H,10H2,1-5H3. The fourth-order valence-corrected chi connectivity index (χ4v) is 3.68. The van der Waals surface area contributed by atoms with Crippen LogP contribution in [0.3, 0.4) is 0 Å². The molecule has 2 unspecified atom stereocenters. The molecule has 1 nitrogen and oxygen atoms in total. The van der Waals surface area contributed by atoms with E-state index in [1.165, 1.54) is 10.5 Å². The second-order valence-electron chi connectivity index (χ2n) is 5.76. The Balaban J connectivity index is 2.27. The second kappa shape index (κ2) is 4.33. The predicted octanol–water partition coefficient (Wildman–Crippen LogP) is 3.54. The van der Waals surface area contributed by atoms with Gasteiger partial charge >= 0.3 is 0 Å². The Morgan fingerprint density at radius 1 is 1.18 bits per heavy atom. The molecule has 0 amide bonds. The van der Waals surface area contributed by atoms with Crippen molar-refractivity contribution in [1.82, 2.24) is 5.32 Å². The number of rotatable bonds is 4. The van der Waals surface area contributed by atoms with E-state index in [1.807, 2.05) is 18.8 Å². The van der Waals surface area contributed by atoms with Crippen LogP contribution >= 0.6 is 11.8 Å². The van der Waals surface area contributed by atoms with Crippen LogP contribution in [-0.2, 0) is 5.41 Å². The van der Waals surface area contributed by atoms with E-state index in [4.69, 9.17) is 0 Å². The Morgan fingerprint density at radius 2 is 1.76 bits per heavy atom. The van der Waals surface area contributed by atoms with Crippen LogP contribution in [-0.4, -0.2) is 19.8 Å². The first-order valence-corrected chi connectivity index (χ1v) is 7.50. The van der Waals surface area contributed by atoms with Gasteiger partial charge in [0.15, 0.2) is 0 Å². The summed E-state index contributed by atoms with van der Waals surface area (Å²) in [5.74, 6) is 0.736. The van der Waals surface area contributed by atoms with Crippen LogP contribution in [0.15, 0.2) is 29.2 Å².